The number of anilines is 1. The molecule has 0 radical (unpaired) electrons. The van der Waals surface area contributed by atoms with Crippen LogP contribution in [0.1, 0.15) is 43.1 Å². The lowest BCUT2D eigenvalue weighted by atomic mass is 10.0. The van der Waals surface area contributed by atoms with Crippen LogP contribution in [0.5, 0.6) is 0 Å². The largest absolute Gasteiger partial charge is 0.416 e. The molecule has 53 heavy (non-hydrogen) atoms. The summed E-state index contributed by atoms with van der Waals surface area (Å²) in [5.74, 6) is -1.43. The molecule has 5 aromatic rings. The molecule has 0 atom stereocenters. The highest BCUT2D eigenvalue weighted by atomic mass is 32.2. The number of hydrogen-bond donors (Lipinski definition) is 2. The van der Waals surface area contributed by atoms with Gasteiger partial charge >= 0.3 is 12.4 Å². The maximum Gasteiger partial charge on any atom is 0.416 e. The van der Waals surface area contributed by atoms with Gasteiger partial charge in [0.15, 0.2) is 0 Å². The summed E-state index contributed by atoms with van der Waals surface area (Å²) in [7, 11) is -2.00. The van der Waals surface area contributed by atoms with E-state index in [1.807, 2.05) is 0 Å². The Bertz CT molecular complexity index is 2310. The molecule has 0 saturated carbocycles. The van der Waals surface area contributed by atoms with Gasteiger partial charge in [-0.25, -0.2) is 8.42 Å². The number of halogens is 6. The van der Waals surface area contributed by atoms with E-state index < -0.39 is 50.9 Å². The third kappa shape index (κ3) is 9.88. The molecule has 2 amide bonds. The second kappa shape index (κ2) is 15.7. The number of aryl methyl sites for hydroxylation is 1. The predicted molar refractivity (Wildman–Crippen MR) is 186 cm³/mol. The number of primary amides is 1. The maximum atomic E-state index is 13.1. The Balaban J connectivity index is 0.000000278. The van der Waals surface area contributed by atoms with Gasteiger partial charge in [-0.1, -0.05) is 30.3 Å². The van der Waals surface area contributed by atoms with Crippen LogP contribution in [-0.4, -0.2) is 43.1 Å². The van der Waals surface area contributed by atoms with Crippen LogP contribution in [0.3, 0.4) is 0 Å². The van der Waals surface area contributed by atoms with Crippen LogP contribution in [0.4, 0.5) is 32.0 Å². The lowest BCUT2D eigenvalue weighted by Gasteiger charge is -2.17. The zero-order valence-electron chi connectivity index (χ0n) is 28.2. The molecule has 17 heteroatoms. The van der Waals surface area contributed by atoms with Gasteiger partial charge in [0.05, 0.1) is 34.3 Å². The molecule has 0 bridgehead atoms. The normalized spacial score (nSPS) is 11.6. The molecule has 0 spiro atoms. The SMILES string of the molecule is Cc1ccc(C(=O)NCc2ccc(N(C)S(C)(=O)=O)cc2)c(=O)n1-c1cccc(C(F)(F)F)c1.NC(=O)c1cccnc1-c1cccc(C(F)(F)F)c1. The van der Waals surface area contributed by atoms with Gasteiger partial charge in [0.25, 0.3) is 17.4 Å². The van der Waals surface area contributed by atoms with Crippen molar-refractivity contribution >= 4 is 27.5 Å². The van der Waals surface area contributed by atoms with Gasteiger partial charge in [-0.05, 0) is 79.2 Å². The van der Waals surface area contributed by atoms with Crippen LogP contribution in [0.2, 0.25) is 0 Å². The number of nitrogens with one attached hydrogen (secondary N) is 1. The van der Waals surface area contributed by atoms with Crippen LogP contribution in [0.25, 0.3) is 16.9 Å². The Morgan fingerprint density at radius 2 is 1.43 bits per heavy atom. The van der Waals surface area contributed by atoms with E-state index in [1.165, 1.54) is 61.8 Å². The first-order chi connectivity index (χ1) is 24.7. The summed E-state index contributed by atoms with van der Waals surface area (Å²) in [4.78, 5) is 40.8. The van der Waals surface area contributed by atoms with Crippen LogP contribution in [0.15, 0.2) is 108 Å². The predicted octanol–water partition coefficient (Wildman–Crippen LogP) is 6.36. The Morgan fingerprint density at radius 1 is 0.830 bits per heavy atom. The topological polar surface area (TPSA) is 144 Å². The molecular weight excluding hydrogens is 728 g/mol. The Kier molecular flexibility index (Phi) is 11.8. The molecule has 0 fully saturated rings. The number of sulfonamides is 1. The number of carbonyl (C=O) groups excluding carboxylic acids is 2. The molecule has 278 valence electrons. The lowest BCUT2D eigenvalue weighted by Crippen LogP contribution is -2.33. The molecule has 0 unspecified atom stereocenters. The minimum Gasteiger partial charge on any atom is -0.366 e. The molecule has 0 saturated heterocycles. The average Bonchev–Trinajstić information content (AvgIpc) is 3.10. The number of benzene rings is 3. The third-order valence-corrected chi connectivity index (χ3v) is 8.95. The first-order valence-electron chi connectivity index (χ1n) is 15.3. The zero-order valence-corrected chi connectivity index (χ0v) is 29.0. The van der Waals surface area contributed by atoms with Crippen LogP contribution < -0.4 is 20.9 Å². The van der Waals surface area contributed by atoms with E-state index in [0.29, 0.717) is 16.9 Å². The molecule has 3 aromatic carbocycles. The number of amides is 2. The molecule has 2 heterocycles. The highest BCUT2D eigenvalue weighted by molar-refractivity contribution is 7.92. The summed E-state index contributed by atoms with van der Waals surface area (Å²) in [6, 6.07) is 21.1. The summed E-state index contributed by atoms with van der Waals surface area (Å²) >= 11 is 0. The van der Waals surface area contributed by atoms with E-state index in [2.05, 4.69) is 10.3 Å². The van der Waals surface area contributed by atoms with Crippen LogP contribution >= 0.6 is 0 Å². The minimum absolute atomic E-state index is 0.00226. The third-order valence-electron chi connectivity index (χ3n) is 7.74. The fourth-order valence-corrected chi connectivity index (χ4v) is 5.42. The molecule has 2 aromatic heterocycles. The van der Waals surface area contributed by atoms with Gasteiger partial charge in [-0.15, -0.1) is 0 Å². The Labute approximate surface area is 299 Å². The molecule has 0 aliphatic heterocycles. The average molecular weight is 760 g/mol. The summed E-state index contributed by atoms with van der Waals surface area (Å²) in [6.07, 6.45) is -6.55. The number of pyridine rings is 2. The smallest absolute Gasteiger partial charge is 0.366 e. The van der Waals surface area contributed by atoms with Gasteiger partial charge < -0.3 is 11.1 Å². The second-order valence-electron chi connectivity index (χ2n) is 11.5. The van der Waals surface area contributed by atoms with E-state index >= 15 is 0 Å². The van der Waals surface area contributed by atoms with Gasteiger partial charge in [0.2, 0.25) is 10.0 Å². The number of rotatable bonds is 8. The number of nitrogens with two attached hydrogens (primary N) is 1. The lowest BCUT2D eigenvalue weighted by molar-refractivity contribution is -0.138. The van der Waals surface area contributed by atoms with Crippen molar-refractivity contribution in [3.63, 3.8) is 0 Å². The first-order valence-corrected chi connectivity index (χ1v) is 17.2. The van der Waals surface area contributed by atoms with Crippen molar-refractivity contribution in [2.75, 3.05) is 17.6 Å². The van der Waals surface area contributed by atoms with E-state index in [-0.39, 0.29) is 34.6 Å². The van der Waals surface area contributed by atoms with Crippen molar-refractivity contribution < 1.29 is 44.3 Å². The van der Waals surface area contributed by atoms with Crippen molar-refractivity contribution in [1.29, 1.82) is 0 Å². The molecule has 3 N–H and O–H groups in total. The van der Waals surface area contributed by atoms with Crippen molar-refractivity contribution in [1.82, 2.24) is 14.9 Å². The summed E-state index contributed by atoms with van der Waals surface area (Å²) in [6.45, 7) is 1.61. The van der Waals surface area contributed by atoms with Gasteiger partial charge in [-0.2, -0.15) is 26.3 Å². The number of nitrogens with zero attached hydrogens (tertiary/aromatic N) is 3. The summed E-state index contributed by atoms with van der Waals surface area (Å²) < 4.78 is 103. The van der Waals surface area contributed by atoms with Crippen molar-refractivity contribution in [3.8, 4) is 16.9 Å². The standard InChI is InChI=1S/C23H22F3N3O4S.C13H9F3N2O/c1-15-7-12-20(22(31)29(15)19-6-4-5-17(13-19)23(24,25)26)21(30)27-14-16-8-10-18(11-9-16)28(2)34(3,32)33;14-13(15,16)9-4-1-3-8(7-9)11-10(12(17)19)5-2-6-18-11/h4-13H,14H2,1-3H3,(H,27,30);1-7H,(H2,17,19). The molecule has 0 aliphatic rings. The highest BCUT2D eigenvalue weighted by Crippen LogP contribution is 2.33. The zero-order chi connectivity index (χ0) is 39.3. The molecule has 0 aliphatic carbocycles. The van der Waals surface area contributed by atoms with E-state index in [1.54, 1.807) is 31.2 Å². The number of alkyl halides is 6. The van der Waals surface area contributed by atoms with Gasteiger partial charge in [0.1, 0.15) is 5.56 Å². The molecular formula is C36H31F6N5O5S. The first kappa shape index (κ1) is 39.8. The van der Waals surface area contributed by atoms with Crippen molar-refractivity contribution in [2.45, 2.75) is 25.8 Å². The Hall–Kier alpha value is -5.97. The second-order valence-corrected chi connectivity index (χ2v) is 13.5. The van der Waals surface area contributed by atoms with Gasteiger partial charge in [-0.3, -0.25) is 28.2 Å². The maximum absolute atomic E-state index is 13.1. The highest BCUT2D eigenvalue weighted by Gasteiger charge is 2.32. The van der Waals surface area contributed by atoms with E-state index in [9.17, 15) is 49.1 Å². The number of aromatic nitrogens is 2. The monoisotopic (exact) mass is 759 g/mol. The quantitative estimate of drug-likeness (QED) is 0.176. The molecule has 10 nitrogen and oxygen atoms in total. The molecule has 5 rings (SSSR count). The van der Waals surface area contributed by atoms with E-state index in [0.717, 1.165) is 39.4 Å². The van der Waals surface area contributed by atoms with Crippen LogP contribution in [-0.2, 0) is 28.9 Å². The fourth-order valence-electron chi connectivity index (χ4n) is 4.92. The van der Waals surface area contributed by atoms with Gasteiger partial charge in [0, 0.05) is 36.7 Å². The number of hydrogen-bond acceptors (Lipinski definition) is 6. The minimum atomic E-state index is -4.58. The van der Waals surface area contributed by atoms with E-state index in [4.69, 9.17) is 5.73 Å². The number of carbonyl (C=O) groups is 2. The summed E-state index contributed by atoms with van der Waals surface area (Å²) in [5.41, 5.74) is 4.38. The summed E-state index contributed by atoms with van der Waals surface area (Å²) in [5, 5.41) is 2.60. The van der Waals surface area contributed by atoms with Crippen molar-refractivity contribution in [3.05, 3.63) is 147 Å². The van der Waals surface area contributed by atoms with Crippen LogP contribution in [0, 0.1) is 6.92 Å². The Morgan fingerprint density at radius 3 is 2.02 bits per heavy atom. The van der Waals surface area contributed by atoms with Crippen molar-refractivity contribution in [2.24, 2.45) is 5.73 Å². The fraction of sp³-hybridized carbons (Fsp3) is 0.167.